The summed E-state index contributed by atoms with van der Waals surface area (Å²) in [7, 11) is 0. The summed E-state index contributed by atoms with van der Waals surface area (Å²) in [5.74, 6) is -0.355. The summed E-state index contributed by atoms with van der Waals surface area (Å²) in [5, 5.41) is 13.2. The number of pyridine rings is 1. The molecule has 2 heterocycles. The maximum Gasteiger partial charge on any atom is 0.415 e. The first-order chi connectivity index (χ1) is 20.8. The number of nitrogens with one attached hydrogen (secondary N) is 1. The van der Waals surface area contributed by atoms with E-state index < -0.39 is 18.1 Å². The average Bonchev–Trinajstić information content (AvgIpc) is 3.02. The lowest BCUT2D eigenvalue weighted by Crippen LogP contribution is -2.36. The zero-order chi connectivity index (χ0) is 31.4. The number of carboxylic acids is 1. The molecule has 0 saturated heterocycles. The third-order valence-electron chi connectivity index (χ3n) is 6.89. The normalized spacial score (nSPS) is 11.4. The monoisotopic (exact) mass is 591 g/mol. The fraction of sp³-hybridized carbons (Fsp3) is 0.419. The number of amides is 2. The molecule has 3 rings (SSSR count). The average molecular weight is 592 g/mol. The molecule has 3 aromatic rings. The van der Waals surface area contributed by atoms with Gasteiger partial charge in [-0.05, 0) is 63.9 Å². The van der Waals surface area contributed by atoms with Crippen molar-refractivity contribution < 1.29 is 24.2 Å². The number of hydrogen-bond acceptors (Lipinski definition) is 9. The zero-order valence-corrected chi connectivity index (χ0v) is 25.5. The van der Waals surface area contributed by atoms with Crippen molar-refractivity contribution >= 4 is 35.4 Å². The second-order valence-corrected chi connectivity index (χ2v) is 9.69. The molecule has 0 spiro atoms. The van der Waals surface area contributed by atoms with Gasteiger partial charge in [0.15, 0.2) is 5.82 Å². The van der Waals surface area contributed by atoms with E-state index in [0.717, 1.165) is 6.42 Å². The van der Waals surface area contributed by atoms with E-state index in [-0.39, 0.29) is 18.1 Å². The molecule has 1 aromatic carbocycles. The van der Waals surface area contributed by atoms with E-state index in [1.807, 2.05) is 39.5 Å². The topological polar surface area (TPSA) is 141 Å². The predicted octanol–water partition coefficient (Wildman–Crippen LogP) is 4.72. The molecular formula is C31H41N7O5. The van der Waals surface area contributed by atoms with E-state index in [1.165, 1.54) is 17.3 Å². The summed E-state index contributed by atoms with van der Waals surface area (Å²) >= 11 is 0. The molecule has 1 unspecified atom stereocenters. The number of aliphatic carboxylic acids is 1. The number of ether oxygens (including phenoxy) is 1. The predicted molar refractivity (Wildman–Crippen MR) is 166 cm³/mol. The van der Waals surface area contributed by atoms with Gasteiger partial charge in [-0.2, -0.15) is 4.98 Å². The molecule has 1 atom stereocenters. The summed E-state index contributed by atoms with van der Waals surface area (Å²) in [5.41, 5.74) is 1.50. The van der Waals surface area contributed by atoms with Crippen LogP contribution in [0.15, 0.2) is 55.0 Å². The SMILES string of the molecule is CCCN(CC)C(=O)Oc1ccc(CC(Nc2nc(N(CC)CC)ncc2N(CC)C(=O)c2ccncc2)C(=O)O)cc1. The Morgan fingerprint density at radius 3 is 2.16 bits per heavy atom. The summed E-state index contributed by atoms with van der Waals surface area (Å²) in [6.45, 7) is 12.4. The van der Waals surface area contributed by atoms with Crippen LogP contribution in [-0.2, 0) is 11.2 Å². The van der Waals surface area contributed by atoms with E-state index in [0.29, 0.717) is 61.2 Å². The van der Waals surface area contributed by atoms with E-state index in [4.69, 9.17) is 4.74 Å². The summed E-state index contributed by atoms with van der Waals surface area (Å²) in [6, 6.07) is 8.90. The lowest BCUT2D eigenvalue weighted by Gasteiger charge is -2.27. The number of carboxylic acid groups (broad SMARTS) is 1. The highest BCUT2D eigenvalue weighted by Gasteiger charge is 2.26. The molecule has 12 nitrogen and oxygen atoms in total. The van der Waals surface area contributed by atoms with Crippen LogP contribution >= 0.6 is 0 Å². The Morgan fingerprint density at radius 2 is 1.60 bits per heavy atom. The van der Waals surface area contributed by atoms with Gasteiger partial charge in [0.25, 0.3) is 5.91 Å². The Labute approximate surface area is 252 Å². The first-order valence-electron chi connectivity index (χ1n) is 14.6. The molecule has 0 saturated carbocycles. The minimum Gasteiger partial charge on any atom is -0.480 e. The van der Waals surface area contributed by atoms with E-state index >= 15 is 0 Å². The standard InChI is InChI=1S/C31H41N7O5/c1-6-19-37(9-4)31(42)43-24-13-11-22(12-14-24)20-25(29(40)41)34-27-26(21-33-30(35-27)36(7-2)8-3)38(10-5)28(39)23-15-17-32-18-16-23/h11-18,21,25H,6-10,19-20H2,1-5H3,(H,40,41)(H,33,34,35). The molecule has 230 valence electrons. The van der Waals surface area contributed by atoms with Crippen molar-refractivity contribution in [2.75, 3.05) is 47.8 Å². The molecule has 2 amide bonds. The maximum atomic E-state index is 13.4. The van der Waals surface area contributed by atoms with Crippen molar-refractivity contribution in [1.82, 2.24) is 19.9 Å². The van der Waals surface area contributed by atoms with Crippen LogP contribution in [0.1, 0.15) is 57.0 Å². The van der Waals surface area contributed by atoms with Crippen molar-refractivity contribution in [3.63, 3.8) is 0 Å². The maximum absolute atomic E-state index is 13.4. The first kappa shape index (κ1) is 32.8. The van der Waals surface area contributed by atoms with Gasteiger partial charge in [-0.3, -0.25) is 9.78 Å². The number of anilines is 3. The third kappa shape index (κ3) is 8.63. The van der Waals surface area contributed by atoms with Crippen LogP contribution in [0.4, 0.5) is 22.2 Å². The molecule has 0 aliphatic carbocycles. The number of hydrogen-bond donors (Lipinski definition) is 2. The fourth-order valence-corrected chi connectivity index (χ4v) is 4.51. The highest BCUT2D eigenvalue weighted by atomic mass is 16.6. The molecule has 0 aliphatic heterocycles. The van der Waals surface area contributed by atoms with Gasteiger partial charge in [-0.25, -0.2) is 14.6 Å². The minimum absolute atomic E-state index is 0.106. The number of carbonyl (C=O) groups is 3. The van der Waals surface area contributed by atoms with Crippen molar-refractivity contribution in [3.05, 3.63) is 66.1 Å². The van der Waals surface area contributed by atoms with Gasteiger partial charge < -0.3 is 29.9 Å². The molecule has 2 aromatic heterocycles. The Hall–Kier alpha value is -4.74. The van der Waals surface area contributed by atoms with Gasteiger partial charge in [-0.15, -0.1) is 0 Å². The lowest BCUT2D eigenvalue weighted by molar-refractivity contribution is -0.137. The molecular weight excluding hydrogens is 550 g/mol. The number of rotatable bonds is 15. The number of carbonyl (C=O) groups excluding carboxylic acids is 2. The van der Waals surface area contributed by atoms with E-state index in [9.17, 15) is 19.5 Å². The smallest absolute Gasteiger partial charge is 0.415 e. The van der Waals surface area contributed by atoms with Crippen molar-refractivity contribution in [2.45, 2.75) is 53.5 Å². The lowest BCUT2D eigenvalue weighted by atomic mass is 10.1. The molecule has 0 bridgehead atoms. The van der Waals surface area contributed by atoms with Crippen LogP contribution in [0.2, 0.25) is 0 Å². The summed E-state index contributed by atoms with van der Waals surface area (Å²) in [6.07, 6.45) is 5.13. The van der Waals surface area contributed by atoms with Gasteiger partial charge in [0.05, 0.1) is 6.20 Å². The number of aromatic nitrogens is 3. The quantitative estimate of drug-likeness (QED) is 0.255. The Bertz CT molecular complexity index is 1350. The van der Waals surface area contributed by atoms with Gasteiger partial charge >= 0.3 is 12.1 Å². The van der Waals surface area contributed by atoms with Crippen molar-refractivity contribution in [3.8, 4) is 5.75 Å². The van der Waals surface area contributed by atoms with Gasteiger partial charge in [-0.1, -0.05) is 19.1 Å². The highest BCUT2D eigenvalue weighted by molar-refractivity contribution is 6.07. The number of nitrogens with zero attached hydrogens (tertiary/aromatic N) is 6. The van der Waals surface area contributed by atoms with Gasteiger partial charge in [0.1, 0.15) is 17.5 Å². The molecule has 12 heteroatoms. The molecule has 2 N–H and O–H groups in total. The van der Waals surface area contributed by atoms with Gasteiger partial charge in [0, 0.05) is 57.1 Å². The summed E-state index contributed by atoms with van der Waals surface area (Å²) in [4.78, 5) is 56.5. The van der Waals surface area contributed by atoms with Crippen molar-refractivity contribution in [1.29, 1.82) is 0 Å². The van der Waals surface area contributed by atoms with Gasteiger partial charge in [0.2, 0.25) is 5.95 Å². The molecule has 0 radical (unpaired) electrons. The Balaban J connectivity index is 1.89. The summed E-state index contributed by atoms with van der Waals surface area (Å²) < 4.78 is 5.49. The van der Waals surface area contributed by atoms with Crippen molar-refractivity contribution in [2.24, 2.45) is 0 Å². The highest BCUT2D eigenvalue weighted by Crippen LogP contribution is 2.28. The van der Waals surface area contributed by atoms with Crippen LogP contribution in [0.5, 0.6) is 5.75 Å². The van der Waals surface area contributed by atoms with E-state index in [1.54, 1.807) is 47.5 Å². The van der Waals surface area contributed by atoms with Crippen LogP contribution in [0.3, 0.4) is 0 Å². The van der Waals surface area contributed by atoms with Crippen LogP contribution < -0.4 is 19.9 Å². The second kappa shape index (κ2) is 16.0. The molecule has 0 aliphatic rings. The number of benzene rings is 1. The Kier molecular flexibility index (Phi) is 12.2. The first-order valence-corrected chi connectivity index (χ1v) is 14.6. The molecule has 0 fully saturated rings. The Morgan fingerprint density at radius 1 is 0.930 bits per heavy atom. The van der Waals surface area contributed by atoms with Crippen LogP contribution in [0.25, 0.3) is 0 Å². The fourth-order valence-electron chi connectivity index (χ4n) is 4.51. The third-order valence-corrected chi connectivity index (χ3v) is 6.89. The van der Waals surface area contributed by atoms with Crippen LogP contribution in [-0.4, -0.2) is 81.7 Å². The molecule has 43 heavy (non-hydrogen) atoms. The largest absolute Gasteiger partial charge is 0.480 e. The zero-order valence-electron chi connectivity index (χ0n) is 25.5. The minimum atomic E-state index is -1.09. The van der Waals surface area contributed by atoms with E-state index in [2.05, 4.69) is 20.3 Å². The van der Waals surface area contributed by atoms with Crippen LogP contribution in [0, 0.1) is 0 Å². The second-order valence-electron chi connectivity index (χ2n) is 9.69.